The van der Waals surface area contributed by atoms with Crippen LogP contribution in [0.3, 0.4) is 0 Å². The number of phenolic OH excluding ortho intramolecular Hbond substituents is 1. The molecule has 2 amide bonds. The number of nitrogens with one attached hydrogen (secondary N) is 1. The van der Waals surface area contributed by atoms with Crippen LogP contribution in [0.1, 0.15) is 22.5 Å². The molecule has 3 rings (SSSR count). The fourth-order valence-corrected chi connectivity index (χ4v) is 3.44. The summed E-state index contributed by atoms with van der Waals surface area (Å²) >= 11 is 1.41. The Labute approximate surface area is 138 Å². The van der Waals surface area contributed by atoms with E-state index in [2.05, 4.69) is 5.32 Å². The molecule has 0 bridgehead atoms. The summed E-state index contributed by atoms with van der Waals surface area (Å²) in [6, 6.07) is 10.3. The summed E-state index contributed by atoms with van der Waals surface area (Å²) in [5.41, 5.74) is 0.402. The number of hydrogen-bond acceptors (Lipinski definition) is 4. The molecule has 1 aromatic heterocycles. The molecule has 2 heterocycles. The smallest absolute Gasteiger partial charge is 0.263 e. The summed E-state index contributed by atoms with van der Waals surface area (Å²) in [7, 11) is 0. The highest BCUT2D eigenvalue weighted by Gasteiger charge is 2.29. The van der Waals surface area contributed by atoms with Crippen LogP contribution in [0.15, 0.2) is 41.8 Å². The number of benzene rings is 1. The number of carbonyl (C=O) groups excluding carboxylic acids is 2. The van der Waals surface area contributed by atoms with Crippen molar-refractivity contribution in [3.8, 4) is 5.75 Å². The van der Waals surface area contributed by atoms with Crippen molar-refractivity contribution < 1.29 is 14.7 Å². The number of piperidine rings is 1. The maximum atomic E-state index is 12.4. The minimum atomic E-state index is -0.257. The molecule has 6 heteroatoms. The zero-order valence-electron chi connectivity index (χ0n) is 12.6. The van der Waals surface area contributed by atoms with Crippen molar-refractivity contribution in [2.45, 2.75) is 12.8 Å². The number of likely N-dealkylation sites (tertiary alicyclic amines) is 1. The molecule has 2 N–H and O–H groups in total. The number of rotatable bonds is 3. The van der Waals surface area contributed by atoms with E-state index in [0.29, 0.717) is 23.7 Å². The molecule has 2 aromatic rings. The molecule has 1 atom stereocenters. The van der Waals surface area contributed by atoms with Gasteiger partial charge in [0.05, 0.1) is 16.5 Å². The van der Waals surface area contributed by atoms with E-state index in [1.54, 1.807) is 29.2 Å². The van der Waals surface area contributed by atoms with Gasteiger partial charge in [0.15, 0.2) is 0 Å². The Balaban J connectivity index is 1.65. The van der Waals surface area contributed by atoms with Gasteiger partial charge in [-0.05, 0) is 36.4 Å². The topological polar surface area (TPSA) is 69.6 Å². The number of nitrogens with zero attached hydrogens (tertiary/aromatic N) is 1. The fourth-order valence-electron chi connectivity index (χ4n) is 2.75. The van der Waals surface area contributed by atoms with Gasteiger partial charge in [-0.3, -0.25) is 9.59 Å². The third-order valence-corrected chi connectivity index (χ3v) is 4.83. The van der Waals surface area contributed by atoms with E-state index in [4.69, 9.17) is 0 Å². The number of thiophene rings is 1. The van der Waals surface area contributed by atoms with Crippen LogP contribution in [0, 0.1) is 5.92 Å². The van der Waals surface area contributed by atoms with E-state index in [1.165, 1.54) is 17.4 Å². The molecule has 5 nitrogen and oxygen atoms in total. The molecule has 1 saturated heterocycles. The summed E-state index contributed by atoms with van der Waals surface area (Å²) in [5, 5.41) is 14.4. The van der Waals surface area contributed by atoms with Gasteiger partial charge in [-0.15, -0.1) is 11.3 Å². The molecule has 0 radical (unpaired) electrons. The quantitative estimate of drug-likeness (QED) is 0.850. The summed E-state index contributed by atoms with van der Waals surface area (Å²) in [5.74, 6) is -0.384. The second kappa shape index (κ2) is 6.83. The first-order valence-corrected chi connectivity index (χ1v) is 8.45. The Morgan fingerprint density at radius 2 is 2.04 bits per heavy atom. The molecule has 1 aliphatic rings. The third-order valence-electron chi connectivity index (χ3n) is 3.97. The van der Waals surface area contributed by atoms with E-state index in [0.717, 1.165) is 12.8 Å². The Hall–Kier alpha value is -2.34. The van der Waals surface area contributed by atoms with Gasteiger partial charge < -0.3 is 15.3 Å². The van der Waals surface area contributed by atoms with Gasteiger partial charge in [-0.2, -0.15) is 0 Å². The normalized spacial score (nSPS) is 17.7. The summed E-state index contributed by atoms with van der Waals surface area (Å²) in [6.45, 7) is 1.09. The molecule has 1 aliphatic heterocycles. The van der Waals surface area contributed by atoms with Gasteiger partial charge in [0.2, 0.25) is 5.91 Å². The van der Waals surface area contributed by atoms with Gasteiger partial charge in [0.25, 0.3) is 5.91 Å². The first kappa shape index (κ1) is 15.6. The molecular formula is C17H18N2O3S. The van der Waals surface area contributed by atoms with E-state index >= 15 is 0 Å². The lowest BCUT2D eigenvalue weighted by atomic mass is 9.97. The number of aromatic hydroxyl groups is 1. The fraction of sp³-hybridized carbons (Fsp3) is 0.294. The highest BCUT2D eigenvalue weighted by atomic mass is 32.1. The molecule has 1 aromatic carbocycles. The van der Waals surface area contributed by atoms with Crippen LogP contribution >= 0.6 is 11.3 Å². The van der Waals surface area contributed by atoms with Crippen LogP contribution in [0.25, 0.3) is 0 Å². The maximum Gasteiger partial charge on any atom is 0.263 e. The third kappa shape index (κ3) is 3.53. The lowest BCUT2D eigenvalue weighted by Gasteiger charge is -2.31. The zero-order chi connectivity index (χ0) is 16.2. The van der Waals surface area contributed by atoms with E-state index in [-0.39, 0.29) is 23.5 Å². The van der Waals surface area contributed by atoms with Crippen LogP contribution in [0.2, 0.25) is 0 Å². The summed E-state index contributed by atoms with van der Waals surface area (Å²) in [6.07, 6.45) is 1.55. The lowest BCUT2D eigenvalue weighted by Crippen LogP contribution is -2.43. The molecule has 1 fully saturated rings. The van der Waals surface area contributed by atoms with Crippen LogP contribution in [0.4, 0.5) is 5.69 Å². The van der Waals surface area contributed by atoms with Gasteiger partial charge >= 0.3 is 0 Å². The van der Waals surface area contributed by atoms with Gasteiger partial charge in [-0.25, -0.2) is 0 Å². The first-order chi connectivity index (χ1) is 11.1. The van der Waals surface area contributed by atoms with Crippen LogP contribution in [-0.2, 0) is 4.79 Å². The van der Waals surface area contributed by atoms with Crippen LogP contribution < -0.4 is 5.32 Å². The standard InChI is InChI=1S/C17H18N2O3S/c20-14-7-2-1-6-13(14)18-16(21)12-5-3-9-19(11-12)17(22)15-8-4-10-23-15/h1-2,4,6-8,10,12,20H,3,5,9,11H2,(H,18,21). The van der Waals surface area contributed by atoms with Crippen molar-refractivity contribution >= 4 is 28.8 Å². The molecule has 120 valence electrons. The van der Waals surface area contributed by atoms with Crippen molar-refractivity contribution in [2.75, 3.05) is 18.4 Å². The number of anilines is 1. The lowest BCUT2D eigenvalue weighted by molar-refractivity contribution is -0.121. The van der Waals surface area contributed by atoms with Crippen LogP contribution in [-0.4, -0.2) is 34.9 Å². The molecule has 0 aliphatic carbocycles. The van der Waals surface area contributed by atoms with Gasteiger partial charge in [0, 0.05) is 13.1 Å². The Morgan fingerprint density at radius 1 is 1.22 bits per heavy atom. The van der Waals surface area contributed by atoms with Crippen molar-refractivity contribution in [3.05, 3.63) is 46.7 Å². The molecule has 0 saturated carbocycles. The second-order valence-corrected chi connectivity index (χ2v) is 6.52. The summed E-state index contributed by atoms with van der Waals surface area (Å²) < 4.78 is 0. The average molecular weight is 330 g/mol. The van der Waals surface area contributed by atoms with E-state index < -0.39 is 0 Å². The van der Waals surface area contributed by atoms with Crippen molar-refractivity contribution in [1.29, 1.82) is 0 Å². The summed E-state index contributed by atoms with van der Waals surface area (Å²) in [4.78, 5) is 27.3. The molecule has 23 heavy (non-hydrogen) atoms. The monoisotopic (exact) mass is 330 g/mol. The number of para-hydroxylation sites is 2. The minimum absolute atomic E-state index is 0.0138. The van der Waals surface area contributed by atoms with Crippen molar-refractivity contribution in [1.82, 2.24) is 4.90 Å². The maximum absolute atomic E-state index is 12.4. The average Bonchev–Trinajstić information content (AvgIpc) is 3.11. The van der Waals surface area contributed by atoms with E-state index in [9.17, 15) is 14.7 Å². The Kier molecular flexibility index (Phi) is 4.62. The zero-order valence-corrected chi connectivity index (χ0v) is 13.4. The van der Waals surface area contributed by atoms with E-state index in [1.807, 2.05) is 11.4 Å². The number of carbonyl (C=O) groups is 2. The highest BCUT2D eigenvalue weighted by molar-refractivity contribution is 7.12. The van der Waals surface area contributed by atoms with Crippen molar-refractivity contribution in [3.63, 3.8) is 0 Å². The first-order valence-electron chi connectivity index (χ1n) is 7.57. The predicted octanol–water partition coefficient (Wildman–Crippen LogP) is 2.94. The van der Waals surface area contributed by atoms with Gasteiger partial charge in [-0.1, -0.05) is 18.2 Å². The van der Waals surface area contributed by atoms with Gasteiger partial charge in [0.1, 0.15) is 5.75 Å². The predicted molar refractivity (Wildman–Crippen MR) is 89.7 cm³/mol. The number of amides is 2. The van der Waals surface area contributed by atoms with Crippen LogP contribution in [0.5, 0.6) is 5.75 Å². The molecule has 0 spiro atoms. The number of phenols is 1. The Morgan fingerprint density at radius 3 is 2.78 bits per heavy atom. The molecule has 1 unspecified atom stereocenters. The van der Waals surface area contributed by atoms with Crippen molar-refractivity contribution in [2.24, 2.45) is 5.92 Å². The minimum Gasteiger partial charge on any atom is -0.506 e. The SMILES string of the molecule is O=C(Nc1ccccc1O)C1CCCN(C(=O)c2cccs2)C1. The second-order valence-electron chi connectivity index (χ2n) is 5.57. The molecular weight excluding hydrogens is 312 g/mol. The highest BCUT2D eigenvalue weighted by Crippen LogP contribution is 2.25. The largest absolute Gasteiger partial charge is 0.506 e. The number of hydrogen-bond donors (Lipinski definition) is 2. The Bertz CT molecular complexity index is 700.